The lowest BCUT2D eigenvalue weighted by molar-refractivity contribution is 0.193. The Morgan fingerprint density at radius 1 is 1.14 bits per heavy atom. The largest absolute Gasteiger partial charge is 0.381 e. The molecule has 3 aliphatic rings. The fraction of sp³-hybridized carbons (Fsp3) is 0.733. The zero-order chi connectivity index (χ0) is 15.2. The van der Waals surface area contributed by atoms with Crippen LogP contribution in [0.4, 0.5) is 0 Å². The maximum absolute atomic E-state index is 12.5. The van der Waals surface area contributed by atoms with Crippen LogP contribution in [0.15, 0.2) is 6.33 Å². The van der Waals surface area contributed by atoms with E-state index in [0.717, 1.165) is 42.8 Å². The molecule has 0 amide bonds. The molecule has 0 spiro atoms. The Morgan fingerprint density at radius 2 is 1.95 bits per heavy atom. The van der Waals surface area contributed by atoms with Gasteiger partial charge in [0.15, 0.2) is 0 Å². The van der Waals surface area contributed by atoms with Crippen LogP contribution < -0.4 is 0 Å². The molecule has 0 bridgehead atoms. The summed E-state index contributed by atoms with van der Waals surface area (Å²) in [6, 6.07) is 0. The molecule has 1 atom stereocenters. The molecule has 1 aliphatic carbocycles. The number of aromatic nitrogens is 2. The Kier molecular flexibility index (Phi) is 3.66. The third kappa shape index (κ3) is 2.55. The smallest absolute Gasteiger partial charge is 0.217 e. The molecule has 2 fully saturated rings. The summed E-state index contributed by atoms with van der Waals surface area (Å²) in [7, 11) is -3.10. The van der Waals surface area contributed by atoms with Crippen molar-refractivity contribution in [2.24, 2.45) is 0 Å². The Labute approximate surface area is 131 Å². The molecule has 3 heterocycles. The van der Waals surface area contributed by atoms with E-state index in [-0.39, 0.29) is 5.25 Å². The standard InChI is InChI=1S/C15H21N3O3S/c19-22(20,12-1-2-12)18-6-3-13-14(4-7-18)16-10-17-15(13)11-5-8-21-9-11/h10-12H,1-9H2/t11-/m1/s1. The van der Waals surface area contributed by atoms with Crippen LogP contribution in [0.5, 0.6) is 0 Å². The quantitative estimate of drug-likeness (QED) is 0.825. The van der Waals surface area contributed by atoms with Crippen molar-refractivity contribution in [1.82, 2.24) is 14.3 Å². The fourth-order valence-corrected chi connectivity index (χ4v) is 5.31. The van der Waals surface area contributed by atoms with Crippen LogP contribution in [-0.2, 0) is 27.6 Å². The fourth-order valence-electron chi connectivity index (χ4n) is 3.46. The number of rotatable bonds is 3. The maximum Gasteiger partial charge on any atom is 0.217 e. The number of fused-ring (bicyclic) bond motifs is 1. The van der Waals surface area contributed by atoms with Crippen molar-refractivity contribution in [3.63, 3.8) is 0 Å². The first-order valence-electron chi connectivity index (χ1n) is 8.05. The Balaban J connectivity index is 1.60. The highest BCUT2D eigenvalue weighted by atomic mass is 32.2. The molecule has 0 unspecified atom stereocenters. The lowest BCUT2D eigenvalue weighted by atomic mass is 9.96. The maximum atomic E-state index is 12.5. The number of hydrogen-bond donors (Lipinski definition) is 0. The third-order valence-electron chi connectivity index (χ3n) is 4.90. The predicted molar refractivity (Wildman–Crippen MR) is 81.1 cm³/mol. The molecule has 1 saturated heterocycles. The molecule has 7 heteroatoms. The molecule has 0 radical (unpaired) electrons. The highest BCUT2D eigenvalue weighted by Gasteiger charge is 2.40. The number of hydrogen-bond acceptors (Lipinski definition) is 5. The van der Waals surface area contributed by atoms with Gasteiger partial charge in [-0.05, 0) is 31.2 Å². The lowest BCUT2D eigenvalue weighted by Gasteiger charge is -2.19. The minimum Gasteiger partial charge on any atom is -0.381 e. The van der Waals surface area contributed by atoms with Crippen LogP contribution >= 0.6 is 0 Å². The van der Waals surface area contributed by atoms with Gasteiger partial charge in [0.2, 0.25) is 10.0 Å². The summed E-state index contributed by atoms with van der Waals surface area (Å²) in [4.78, 5) is 8.91. The summed E-state index contributed by atoms with van der Waals surface area (Å²) >= 11 is 0. The minimum atomic E-state index is -3.10. The van der Waals surface area contributed by atoms with E-state index in [1.165, 1.54) is 0 Å². The van der Waals surface area contributed by atoms with Gasteiger partial charge in [-0.1, -0.05) is 0 Å². The summed E-state index contributed by atoms with van der Waals surface area (Å²) in [6.07, 6.45) is 5.65. The van der Waals surface area contributed by atoms with E-state index < -0.39 is 10.0 Å². The van der Waals surface area contributed by atoms with E-state index in [1.54, 1.807) is 10.6 Å². The van der Waals surface area contributed by atoms with Crippen molar-refractivity contribution in [3.05, 3.63) is 23.3 Å². The molecule has 1 aromatic heterocycles. The lowest BCUT2D eigenvalue weighted by Crippen LogP contribution is -2.35. The molecule has 0 N–H and O–H groups in total. The van der Waals surface area contributed by atoms with E-state index in [2.05, 4.69) is 9.97 Å². The number of ether oxygens (including phenoxy) is 1. The topological polar surface area (TPSA) is 72.4 Å². The molecule has 120 valence electrons. The summed E-state index contributed by atoms with van der Waals surface area (Å²) in [5, 5.41) is -0.137. The average molecular weight is 323 g/mol. The van der Waals surface area contributed by atoms with Gasteiger partial charge in [-0.2, -0.15) is 0 Å². The van der Waals surface area contributed by atoms with Gasteiger partial charge in [0.25, 0.3) is 0 Å². The second-order valence-corrected chi connectivity index (χ2v) is 8.60. The van der Waals surface area contributed by atoms with E-state index in [0.29, 0.717) is 38.5 Å². The normalized spacial score (nSPS) is 26.6. The summed E-state index contributed by atoms with van der Waals surface area (Å²) < 4.78 is 32.1. The van der Waals surface area contributed by atoms with Crippen molar-refractivity contribution >= 4 is 10.0 Å². The van der Waals surface area contributed by atoms with Gasteiger partial charge in [0.05, 0.1) is 17.6 Å². The van der Waals surface area contributed by atoms with Gasteiger partial charge >= 0.3 is 0 Å². The summed E-state index contributed by atoms with van der Waals surface area (Å²) in [5.41, 5.74) is 3.25. The third-order valence-corrected chi connectivity index (χ3v) is 7.30. The van der Waals surface area contributed by atoms with E-state index >= 15 is 0 Å². The average Bonchev–Trinajstić information content (AvgIpc) is 3.28. The number of nitrogens with zero attached hydrogens (tertiary/aromatic N) is 3. The van der Waals surface area contributed by atoms with Gasteiger partial charge in [-0.3, -0.25) is 0 Å². The van der Waals surface area contributed by atoms with Crippen molar-refractivity contribution in [2.75, 3.05) is 26.3 Å². The van der Waals surface area contributed by atoms with Crippen molar-refractivity contribution < 1.29 is 13.2 Å². The minimum absolute atomic E-state index is 0.137. The van der Waals surface area contributed by atoms with Crippen molar-refractivity contribution in [1.29, 1.82) is 0 Å². The first-order chi connectivity index (χ1) is 10.7. The van der Waals surface area contributed by atoms with Crippen LogP contribution in [0, 0.1) is 0 Å². The van der Waals surface area contributed by atoms with Gasteiger partial charge < -0.3 is 4.74 Å². The molecule has 1 aromatic rings. The molecule has 0 aromatic carbocycles. The first-order valence-corrected chi connectivity index (χ1v) is 9.56. The highest BCUT2D eigenvalue weighted by Crippen LogP contribution is 2.33. The molecule has 1 saturated carbocycles. The predicted octanol–water partition coefficient (Wildman–Crippen LogP) is 0.873. The summed E-state index contributed by atoms with van der Waals surface area (Å²) in [5.74, 6) is 0.336. The molecule has 6 nitrogen and oxygen atoms in total. The second kappa shape index (κ2) is 5.54. The van der Waals surface area contributed by atoms with Crippen molar-refractivity contribution in [3.8, 4) is 0 Å². The zero-order valence-electron chi connectivity index (χ0n) is 12.6. The van der Waals surface area contributed by atoms with Crippen LogP contribution in [0.1, 0.15) is 42.1 Å². The van der Waals surface area contributed by atoms with Crippen LogP contribution in [0.2, 0.25) is 0 Å². The Bertz CT molecular complexity index is 667. The molecular formula is C15H21N3O3S. The van der Waals surface area contributed by atoms with E-state index in [9.17, 15) is 8.42 Å². The second-order valence-electron chi connectivity index (χ2n) is 6.39. The first kappa shape index (κ1) is 14.5. The Hall–Kier alpha value is -1.05. The SMILES string of the molecule is O=S(=O)(C1CC1)N1CCc2ncnc([C@@H]3CCOC3)c2CC1. The van der Waals surface area contributed by atoms with E-state index in [4.69, 9.17) is 4.74 Å². The summed E-state index contributed by atoms with van der Waals surface area (Å²) in [6.45, 7) is 2.60. The van der Waals surface area contributed by atoms with Gasteiger partial charge in [-0.15, -0.1) is 0 Å². The molecular weight excluding hydrogens is 302 g/mol. The van der Waals surface area contributed by atoms with Gasteiger partial charge in [0.1, 0.15) is 6.33 Å². The van der Waals surface area contributed by atoms with Crippen LogP contribution in [0.3, 0.4) is 0 Å². The molecule has 4 rings (SSSR count). The van der Waals surface area contributed by atoms with Gasteiger partial charge in [0, 0.05) is 37.7 Å². The molecule has 2 aliphatic heterocycles. The highest BCUT2D eigenvalue weighted by molar-refractivity contribution is 7.90. The van der Waals surface area contributed by atoms with Crippen LogP contribution in [-0.4, -0.2) is 54.2 Å². The van der Waals surface area contributed by atoms with Crippen LogP contribution in [0.25, 0.3) is 0 Å². The van der Waals surface area contributed by atoms with Crippen molar-refractivity contribution in [2.45, 2.75) is 43.3 Å². The zero-order valence-corrected chi connectivity index (χ0v) is 13.4. The monoisotopic (exact) mass is 323 g/mol. The van der Waals surface area contributed by atoms with E-state index in [1.807, 2.05) is 0 Å². The van der Waals surface area contributed by atoms with Gasteiger partial charge in [-0.25, -0.2) is 22.7 Å². The Morgan fingerprint density at radius 3 is 2.68 bits per heavy atom. The molecule has 22 heavy (non-hydrogen) atoms. The number of sulfonamides is 1.